The Balaban J connectivity index is 1.69. The molecule has 4 rings (SSSR count). The maximum absolute atomic E-state index is 10.0. The van der Waals surface area contributed by atoms with Crippen LogP contribution in [-0.2, 0) is 0 Å². The summed E-state index contributed by atoms with van der Waals surface area (Å²) in [6, 6.07) is 0.910. The summed E-state index contributed by atoms with van der Waals surface area (Å²) in [6.07, 6.45) is 10.1. The molecule has 0 saturated heterocycles. The van der Waals surface area contributed by atoms with E-state index in [4.69, 9.17) is 1.37 Å². The van der Waals surface area contributed by atoms with E-state index in [0.717, 1.165) is 43.6 Å². The van der Waals surface area contributed by atoms with Gasteiger partial charge in [-0.05, 0) is 94.3 Å². The molecule has 2 saturated carbocycles. The molecule has 2 heteroatoms. The third-order valence-electron chi connectivity index (χ3n) is 7.45. The SMILES string of the molecule is [2H]C1=C(I)[C@@]2(C)CC[C@H]3[C@@H](CC=C4C[C@@H](O)CC[C@@]43C)[C@@H]2C1. The highest BCUT2D eigenvalue weighted by molar-refractivity contribution is 14.1. The zero-order valence-electron chi connectivity index (χ0n) is 14.2. The van der Waals surface area contributed by atoms with Crippen molar-refractivity contribution in [3.63, 3.8) is 0 Å². The van der Waals surface area contributed by atoms with Crippen molar-refractivity contribution >= 4 is 22.6 Å². The second-order valence-corrected chi connectivity index (χ2v) is 9.39. The van der Waals surface area contributed by atoms with E-state index in [1.165, 1.54) is 22.8 Å². The highest BCUT2D eigenvalue weighted by Gasteiger charge is 2.56. The van der Waals surface area contributed by atoms with Crippen molar-refractivity contribution in [2.45, 2.75) is 64.9 Å². The van der Waals surface area contributed by atoms with Crippen LogP contribution in [0.2, 0.25) is 0 Å². The molecule has 0 spiro atoms. The molecule has 2 fully saturated rings. The predicted octanol–water partition coefficient (Wildman–Crippen LogP) is 5.24. The fourth-order valence-electron chi connectivity index (χ4n) is 6.01. The van der Waals surface area contributed by atoms with Gasteiger partial charge in [0.25, 0.3) is 0 Å². The highest BCUT2D eigenvalue weighted by Crippen LogP contribution is 2.65. The molecule has 0 bridgehead atoms. The maximum Gasteiger partial charge on any atom is 0.0584 e. The summed E-state index contributed by atoms with van der Waals surface area (Å²) in [5.41, 5.74) is 2.14. The Labute approximate surface area is 143 Å². The molecule has 0 aromatic heterocycles. The first kappa shape index (κ1) is 13.6. The van der Waals surface area contributed by atoms with Crippen LogP contribution in [0.3, 0.4) is 0 Å². The van der Waals surface area contributed by atoms with E-state index in [0.29, 0.717) is 11.3 Å². The van der Waals surface area contributed by atoms with Crippen LogP contribution in [0, 0.1) is 28.6 Å². The quantitative estimate of drug-likeness (QED) is 0.436. The van der Waals surface area contributed by atoms with E-state index in [1.54, 1.807) is 5.57 Å². The summed E-state index contributed by atoms with van der Waals surface area (Å²) in [7, 11) is 0. The summed E-state index contributed by atoms with van der Waals surface area (Å²) in [5.74, 6) is 2.19. The van der Waals surface area contributed by atoms with Crippen LogP contribution >= 0.6 is 22.6 Å². The van der Waals surface area contributed by atoms with Gasteiger partial charge in [0.1, 0.15) is 0 Å². The lowest BCUT2D eigenvalue weighted by atomic mass is 9.48. The van der Waals surface area contributed by atoms with Gasteiger partial charge >= 0.3 is 0 Å². The Morgan fingerprint density at radius 1 is 1.19 bits per heavy atom. The Morgan fingerprint density at radius 2 is 1.95 bits per heavy atom. The van der Waals surface area contributed by atoms with Crippen LogP contribution in [-0.4, -0.2) is 11.2 Å². The van der Waals surface area contributed by atoms with Gasteiger partial charge in [-0.3, -0.25) is 0 Å². The third-order valence-corrected chi connectivity index (χ3v) is 9.06. The lowest BCUT2D eigenvalue weighted by Crippen LogP contribution is -2.49. The molecule has 4 aliphatic carbocycles. The van der Waals surface area contributed by atoms with Gasteiger partial charge in [0.2, 0.25) is 0 Å². The smallest absolute Gasteiger partial charge is 0.0584 e. The minimum atomic E-state index is -0.112. The molecule has 1 N–H and O–H groups in total. The molecule has 0 aliphatic heterocycles. The van der Waals surface area contributed by atoms with Crippen LogP contribution in [0.25, 0.3) is 0 Å². The first-order chi connectivity index (χ1) is 10.4. The van der Waals surface area contributed by atoms with E-state index >= 15 is 0 Å². The molecule has 0 heterocycles. The molecule has 6 atom stereocenters. The van der Waals surface area contributed by atoms with Crippen molar-refractivity contribution in [3.05, 3.63) is 21.3 Å². The van der Waals surface area contributed by atoms with Gasteiger partial charge in [-0.1, -0.05) is 31.5 Å². The number of fused-ring (bicyclic) bond motifs is 5. The first-order valence-corrected chi connectivity index (χ1v) is 9.67. The molecule has 0 amide bonds. The second kappa shape index (κ2) is 4.83. The molecule has 21 heavy (non-hydrogen) atoms. The number of hydrogen-bond donors (Lipinski definition) is 1. The van der Waals surface area contributed by atoms with Gasteiger partial charge in [0.15, 0.2) is 0 Å². The molecular weight excluding hydrogens is 371 g/mol. The molecule has 0 aromatic carbocycles. The Bertz CT molecular complexity index is 568. The van der Waals surface area contributed by atoms with Crippen molar-refractivity contribution in [2.24, 2.45) is 28.6 Å². The number of hydrogen-bond acceptors (Lipinski definition) is 1. The minimum absolute atomic E-state index is 0.112. The Morgan fingerprint density at radius 3 is 2.76 bits per heavy atom. The lowest BCUT2D eigenvalue weighted by molar-refractivity contribution is -0.0268. The summed E-state index contributed by atoms with van der Waals surface area (Å²) < 4.78 is 9.69. The van der Waals surface area contributed by atoms with Crippen LogP contribution in [0.1, 0.15) is 60.2 Å². The van der Waals surface area contributed by atoms with Crippen molar-refractivity contribution in [3.8, 4) is 0 Å². The van der Waals surface area contributed by atoms with Gasteiger partial charge < -0.3 is 5.11 Å². The summed E-state index contributed by atoms with van der Waals surface area (Å²) in [5, 5.41) is 10.0. The number of aliphatic hydroxyl groups is 1. The second-order valence-electron chi connectivity index (χ2n) is 8.31. The van der Waals surface area contributed by atoms with E-state index in [1.807, 2.05) is 0 Å². The Kier molecular flexibility index (Phi) is 3.13. The van der Waals surface area contributed by atoms with Crippen molar-refractivity contribution < 1.29 is 6.48 Å². The van der Waals surface area contributed by atoms with Crippen LogP contribution < -0.4 is 0 Å². The molecule has 116 valence electrons. The topological polar surface area (TPSA) is 20.2 Å². The summed E-state index contributed by atoms with van der Waals surface area (Å²) >= 11 is 2.46. The third kappa shape index (κ3) is 1.97. The van der Waals surface area contributed by atoms with E-state index in [2.05, 4.69) is 42.5 Å². The average molecular weight is 399 g/mol. The fourth-order valence-corrected chi connectivity index (χ4v) is 6.90. The zero-order chi connectivity index (χ0) is 15.7. The van der Waals surface area contributed by atoms with Gasteiger partial charge in [-0.25, -0.2) is 0 Å². The van der Waals surface area contributed by atoms with E-state index in [9.17, 15) is 5.11 Å². The fraction of sp³-hybridized carbons (Fsp3) is 0.789. The molecule has 1 nitrogen and oxygen atoms in total. The highest BCUT2D eigenvalue weighted by atomic mass is 127. The minimum Gasteiger partial charge on any atom is -0.393 e. The largest absolute Gasteiger partial charge is 0.393 e. The first-order valence-electron chi connectivity index (χ1n) is 9.09. The molecule has 0 aromatic rings. The number of allylic oxidation sites excluding steroid dienone is 3. The van der Waals surface area contributed by atoms with Gasteiger partial charge in [0, 0.05) is 5.41 Å². The van der Waals surface area contributed by atoms with Crippen molar-refractivity contribution in [1.82, 2.24) is 0 Å². The number of rotatable bonds is 0. The molecular formula is C19H27IO. The monoisotopic (exact) mass is 399 g/mol. The summed E-state index contributed by atoms with van der Waals surface area (Å²) in [4.78, 5) is 0. The van der Waals surface area contributed by atoms with Gasteiger partial charge in [0.05, 0.1) is 7.47 Å². The summed E-state index contributed by atoms with van der Waals surface area (Å²) in [6.45, 7) is 4.89. The van der Waals surface area contributed by atoms with E-state index in [-0.39, 0.29) is 11.5 Å². The maximum atomic E-state index is 10.0. The number of halogens is 1. The van der Waals surface area contributed by atoms with Gasteiger partial charge in [-0.2, -0.15) is 0 Å². The average Bonchev–Trinajstić information content (AvgIpc) is 2.72. The van der Waals surface area contributed by atoms with Crippen molar-refractivity contribution in [1.29, 1.82) is 0 Å². The van der Waals surface area contributed by atoms with Crippen LogP contribution in [0.15, 0.2) is 21.3 Å². The lowest BCUT2D eigenvalue weighted by Gasteiger charge is -2.57. The molecule has 0 radical (unpaired) electrons. The normalized spacial score (nSPS) is 53.5. The van der Waals surface area contributed by atoms with Crippen LogP contribution in [0.5, 0.6) is 0 Å². The zero-order valence-corrected chi connectivity index (χ0v) is 15.3. The molecule has 4 aliphatic rings. The van der Waals surface area contributed by atoms with Gasteiger partial charge in [-0.15, -0.1) is 0 Å². The number of aliphatic hydroxyl groups excluding tert-OH is 1. The standard InChI is InChI=1S/C19H27IO/c1-18-9-7-13(21)11-12(18)3-4-14-15-5-6-17(20)19(15,2)10-8-16(14)18/h3,6,13-16,21H,4-5,7-11H2,1-2H3/t13-,14-,15-,16-,18-,19-/m0/s1/i6D. The molecule has 0 unspecified atom stereocenters. The Hall–Kier alpha value is 0.170. The van der Waals surface area contributed by atoms with Crippen molar-refractivity contribution in [2.75, 3.05) is 0 Å². The van der Waals surface area contributed by atoms with Crippen LogP contribution in [0.4, 0.5) is 0 Å². The predicted molar refractivity (Wildman–Crippen MR) is 95.2 cm³/mol. The van der Waals surface area contributed by atoms with E-state index < -0.39 is 0 Å².